The summed E-state index contributed by atoms with van der Waals surface area (Å²) in [5.74, 6) is 0.113. The first-order chi connectivity index (χ1) is 8.55. The van der Waals surface area contributed by atoms with Crippen LogP contribution in [0, 0.1) is 0 Å². The van der Waals surface area contributed by atoms with Crippen LogP contribution in [0.15, 0.2) is 5.16 Å². The number of nitrogens with one attached hydrogen (secondary N) is 1. The Morgan fingerprint density at radius 2 is 1.94 bits per heavy atom. The molecule has 0 heterocycles. The van der Waals surface area contributed by atoms with Crippen LogP contribution in [0.1, 0.15) is 45.4 Å². The van der Waals surface area contributed by atoms with E-state index in [1.165, 1.54) is 0 Å². The van der Waals surface area contributed by atoms with Gasteiger partial charge in [-0.25, -0.2) is 4.79 Å². The van der Waals surface area contributed by atoms with Gasteiger partial charge in [-0.2, -0.15) is 0 Å². The standard InChI is InChI=1S/C12H24N4O2/c1-3-16(2)11(17)14-12(10(13)15-18)8-6-4-5-7-9-12/h18H,3-9H2,1-2H3,(H2,13,15)(H,14,17). The molecule has 104 valence electrons. The first kappa shape index (κ1) is 14.6. The van der Waals surface area contributed by atoms with Crippen molar-refractivity contribution in [1.29, 1.82) is 0 Å². The van der Waals surface area contributed by atoms with Gasteiger partial charge < -0.3 is 21.2 Å². The van der Waals surface area contributed by atoms with Crippen LogP contribution in [0.25, 0.3) is 0 Å². The van der Waals surface area contributed by atoms with Gasteiger partial charge in [0.2, 0.25) is 0 Å². The molecule has 0 unspecified atom stereocenters. The predicted octanol–water partition coefficient (Wildman–Crippen LogP) is 1.49. The summed E-state index contributed by atoms with van der Waals surface area (Å²) in [6.07, 6.45) is 5.66. The second-order valence-corrected chi connectivity index (χ2v) is 4.93. The van der Waals surface area contributed by atoms with Gasteiger partial charge in [0.15, 0.2) is 5.84 Å². The van der Waals surface area contributed by atoms with E-state index in [-0.39, 0.29) is 11.9 Å². The number of nitrogens with zero attached hydrogens (tertiary/aromatic N) is 2. The highest BCUT2D eigenvalue weighted by Crippen LogP contribution is 2.27. The molecule has 1 aliphatic carbocycles. The van der Waals surface area contributed by atoms with Crippen molar-refractivity contribution in [3.63, 3.8) is 0 Å². The van der Waals surface area contributed by atoms with Crippen molar-refractivity contribution in [3.8, 4) is 0 Å². The highest BCUT2D eigenvalue weighted by Gasteiger charge is 2.37. The maximum Gasteiger partial charge on any atom is 0.317 e. The minimum atomic E-state index is -0.689. The summed E-state index contributed by atoms with van der Waals surface area (Å²) in [6.45, 7) is 2.53. The van der Waals surface area contributed by atoms with Gasteiger partial charge in [0.05, 0.1) is 0 Å². The van der Waals surface area contributed by atoms with E-state index < -0.39 is 5.54 Å². The van der Waals surface area contributed by atoms with Gasteiger partial charge in [0, 0.05) is 13.6 Å². The van der Waals surface area contributed by atoms with Crippen LogP contribution in [0.2, 0.25) is 0 Å². The highest BCUT2D eigenvalue weighted by atomic mass is 16.4. The van der Waals surface area contributed by atoms with E-state index in [1.54, 1.807) is 11.9 Å². The van der Waals surface area contributed by atoms with Gasteiger partial charge in [0.25, 0.3) is 0 Å². The number of carbonyl (C=O) groups is 1. The van der Waals surface area contributed by atoms with E-state index in [1.807, 2.05) is 6.92 Å². The zero-order valence-electron chi connectivity index (χ0n) is 11.3. The molecule has 6 nitrogen and oxygen atoms in total. The van der Waals surface area contributed by atoms with E-state index in [2.05, 4.69) is 10.5 Å². The summed E-state index contributed by atoms with van der Waals surface area (Å²) in [6, 6.07) is -0.175. The third kappa shape index (κ3) is 3.27. The lowest BCUT2D eigenvalue weighted by molar-refractivity contribution is 0.199. The van der Waals surface area contributed by atoms with E-state index in [4.69, 9.17) is 10.9 Å². The van der Waals surface area contributed by atoms with Gasteiger partial charge in [-0.05, 0) is 19.8 Å². The Hall–Kier alpha value is -1.46. The lowest BCUT2D eigenvalue weighted by atomic mass is 9.89. The normalized spacial score (nSPS) is 20.0. The molecule has 1 rings (SSSR count). The first-order valence-electron chi connectivity index (χ1n) is 6.57. The average Bonchev–Trinajstić information content (AvgIpc) is 2.63. The monoisotopic (exact) mass is 256 g/mol. The fourth-order valence-electron chi connectivity index (χ4n) is 2.32. The minimum Gasteiger partial charge on any atom is -0.409 e. The maximum atomic E-state index is 12.0. The van der Waals surface area contributed by atoms with Crippen molar-refractivity contribution in [2.45, 2.75) is 51.0 Å². The summed E-state index contributed by atoms with van der Waals surface area (Å²) >= 11 is 0. The summed E-state index contributed by atoms with van der Waals surface area (Å²) in [4.78, 5) is 13.6. The molecule has 1 fully saturated rings. The topological polar surface area (TPSA) is 91.0 Å². The van der Waals surface area contributed by atoms with Crippen LogP contribution in [-0.4, -0.2) is 41.1 Å². The Morgan fingerprint density at radius 1 is 1.39 bits per heavy atom. The van der Waals surface area contributed by atoms with Crippen molar-refractivity contribution >= 4 is 11.9 Å². The van der Waals surface area contributed by atoms with E-state index in [0.29, 0.717) is 6.54 Å². The SMILES string of the molecule is CCN(C)C(=O)NC1(C(N)=NO)CCCCCC1. The molecule has 6 heteroatoms. The first-order valence-corrected chi connectivity index (χ1v) is 6.57. The van der Waals surface area contributed by atoms with Crippen LogP contribution in [0.5, 0.6) is 0 Å². The molecule has 0 saturated heterocycles. The number of hydrogen-bond donors (Lipinski definition) is 3. The molecule has 1 saturated carbocycles. The summed E-state index contributed by atoms with van der Waals surface area (Å²) in [5, 5.41) is 15.0. The molecule has 0 atom stereocenters. The maximum absolute atomic E-state index is 12.0. The number of urea groups is 1. The third-order valence-corrected chi connectivity index (χ3v) is 3.72. The van der Waals surface area contributed by atoms with E-state index >= 15 is 0 Å². The molecule has 2 amide bonds. The Bertz CT molecular complexity index is 309. The van der Waals surface area contributed by atoms with Crippen LogP contribution < -0.4 is 11.1 Å². The molecule has 0 radical (unpaired) electrons. The molecule has 1 aliphatic rings. The smallest absolute Gasteiger partial charge is 0.317 e. The molecular weight excluding hydrogens is 232 g/mol. The molecule has 0 aromatic heterocycles. The zero-order chi connectivity index (χ0) is 13.6. The summed E-state index contributed by atoms with van der Waals surface area (Å²) in [7, 11) is 1.73. The number of hydrogen-bond acceptors (Lipinski definition) is 3. The Balaban J connectivity index is 2.87. The third-order valence-electron chi connectivity index (χ3n) is 3.72. The fraction of sp³-hybridized carbons (Fsp3) is 0.833. The van der Waals surface area contributed by atoms with Crippen molar-refractivity contribution < 1.29 is 10.0 Å². The van der Waals surface area contributed by atoms with Crippen LogP contribution in [0.3, 0.4) is 0 Å². The Labute approximate surface area is 108 Å². The molecule has 0 spiro atoms. The van der Waals surface area contributed by atoms with E-state index in [0.717, 1.165) is 38.5 Å². The number of rotatable bonds is 3. The van der Waals surface area contributed by atoms with Crippen molar-refractivity contribution in [2.75, 3.05) is 13.6 Å². The fourth-order valence-corrected chi connectivity index (χ4v) is 2.32. The van der Waals surface area contributed by atoms with Gasteiger partial charge in [-0.15, -0.1) is 0 Å². The lowest BCUT2D eigenvalue weighted by Gasteiger charge is -2.34. The Morgan fingerprint density at radius 3 is 2.39 bits per heavy atom. The van der Waals surface area contributed by atoms with Crippen molar-refractivity contribution in [3.05, 3.63) is 0 Å². The van der Waals surface area contributed by atoms with Crippen LogP contribution in [-0.2, 0) is 0 Å². The molecule has 4 N–H and O–H groups in total. The summed E-state index contributed by atoms with van der Waals surface area (Å²) < 4.78 is 0. The quantitative estimate of drug-likeness (QED) is 0.235. The summed E-state index contributed by atoms with van der Waals surface area (Å²) in [5.41, 5.74) is 5.12. The Kier molecular flexibility index (Phi) is 5.25. The number of nitrogens with two attached hydrogens (primary N) is 1. The molecule has 0 aromatic carbocycles. The predicted molar refractivity (Wildman–Crippen MR) is 70.7 cm³/mol. The van der Waals surface area contributed by atoms with Gasteiger partial charge in [-0.3, -0.25) is 0 Å². The molecular formula is C12H24N4O2. The number of amides is 2. The lowest BCUT2D eigenvalue weighted by Crippen LogP contribution is -2.59. The van der Waals surface area contributed by atoms with Crippen LogP contribution in [0.4, 0.5) is 4.79 Å². The highest BCUT2D eigenvalue weighted by molar-refractivity contribution is 5.93. The van der Waals surface area contributed by atoms with Crippen LogP contribution >= 0.6 is 0 Å². The molecule has 0 aromatic rings. The number of amidine groups is 1. The van der Waals surface area contributed by atoms with Gasteiger partial charge >= 0.3 is 6.03 Å². The second kappa shape index (κ2) is 6.47. The second-order valence-electron chi connectivity index (χ2n) is 4.93. The average molecular weight is 256 g/mol. The minimum absolute atomic E-state index is 0.113. The van der Waals surface area contributed by atoms with Crippen molar-refractivity contribution in [1.82, 2.24) is 10.2 Å². The number of carbonyl (C=O) groups excluding carboxylic acids is 1. The molecule has 0 bridgehead atoms. The van der Waals surface area contributed by atoms with Gasteiger partial charge in [-0.1, -0.05) is 30.8 Å². The number of oxime groups is 1. The van der Waals surface area contributed by atoms with Gasteiger partial charge in [0.1, 0.15) is 5.54 Å². The molecule has 0 aliphatic heterocycles. The molecule has 18 heavy (non-hydrogen) atoms. The zero-order valence-corrected chi connectivity index (χ0v) is 11.3. The largest absolute Gasteiger partial charge is 0.409 e. The van der Waals surface area contributed by atoms with Crippen molar-refractivity contribution in [2.24, 2.45) is 10.9 Å². The van der Waals surface area contributed by atoms with E-state index in [9.17, 15) is 4.79 Å².